The predicted molar refractivity (Wildman–Crippen MR) is 114 cm³/mol. The second-order valence-corrected chi connectivity index (χ2v) is 9.09. The van der Waals surface area contributed by atoms with Crippen molar-refractivity contribution in [3.63, 3.8) is 0 Å². The van der Waals surface area contributed by atoms with Crippen molar-refractivity contribution >= 4 is 17.8 Å². The lowest BCUT2D eigenvalue weighted by molar-refractivity contribution is 0.0948. The SMILES string of the molecule is CN(C)c1ccc(/C=N\NC(=O)c2n[nH]c3c2C[C@H](CC(C)(C)C)CC3)cc1. The van der Waals surface area contributed by atoms with Crippen LogP contribution in [-0.2, 0) is 12.8 Å². The summed E-state index contributed by atoms with van der Waals surface area (Å²) in [6.45, 7) is 6.81. The van der Waals surface area contributed by atoms with E-state index in [-0.39, 0.29) is 5.91 Å². The highest BCUT2D eigenvalue weighted by Crippen LogP contribution is 2.34. The number of hydrogen-bond acceptors (Lipinski definition) is 4. The molecule has 0 unspecified atom stereocenters. The summed E-state index contributed by atoms with van der Waals surface area (Å²) < 4.78 is 0. The van der Waals surface area contributed by atoms with Crippen LogP contribution in [0.15, 0.2) is 29.4 Å². The van der Waals surface area contributed by atoms with Gasteiger partial charge in [-0.2, -0.15) is 10.2 Å². The molecule has 2 aromatic rings. The Morgan fingerprint density at radius 3 is 2.68 bits per heavy atom. The van der Waals surface area contributed by atoms with Crippen LogP contribution >= 0.6 is 0 Å². The number of aryl methyl sites for hydroxylation is 1. The van der Waals surface area contributed by atoms with Crippen molar-refractivity contribution in [3.05, 3.63) is 46.8 Å². The molecule has 0 fully saturated rings. The van der Waals surface area contributed by atoms with E-state index in [4.69, 9.17) is 0 Å². The van der Waals surface area contributed by atoms with Crippen molar-refractivity contribution in [2.45, 2.75) is 46.5 Å². The molecule has 6 heteroatoms. The molecule has 1 aliphatic carbocycles. The van der Waals surface area contributed by atoms with Gasteiger partial charge in [0.15, 0.2) is 5.69 Å². The van der Waals surface area contributed by atoms with E-state index in [1.54, 1.807) is 6.21 Å². The number of fused-ring (bicyclic) bond motifs is 1. The van der Waals surface area contributed by atoms with Crippen molar-refractivity contribution in [2.75, 3.05) is 19.0 Å². The van der Waals surface area contributed by atoms with Crippen LogP contribution in [0.1, 0.15) is 60.9 Å². The lowest BCUT2D eigenvalue weighted by Gasteiger charge is -2.28. The van der Waals surface area contributed by atoms with Gasteiger partial charge in [-0.3, -0.25) is 9.89 Å². The Hall–Kier alpha value is -2.63. The van der Waals surface area contributed by atoms with Gasteiger partial charge in [-0.05, 0) is 54.7 Å². The van der Waals surface area contributed by atoms with Crippen LogP contribution in [0.3, 0.4) is 0 Å². The Balaban J connectivity index is 1.63. The van der Waals surface area contributed by atoms with Crippen LogP contribution in [0.25, 0.3) is 0 Å². The average molecular weight is 382 g/mol. The fraction of sp³-hybridized carbons (Fsp3) is 0.500. The summed E-state index contributed by atoms with van der Waals surface area (Å²) in [6.07, 6.45) is 5.81. The third kappa shape index (κ3) is 5.00. The van der Waals surface area contributed by atoms with Crippen LogP contribution in [0.2, 0.25) is 0 Å². The minimum atomic E-state index is -0.255. The molecule has 150 valence electrons. The fourth-order valence-corrected chi connectivity index (χ4v) is 3.87. The van der Waals surface area contributed by atoms with Gasteiger partial charge < -0.3 is 4.90 Å². The first-order chi connectivity index (χ1) is 13.2. The Bertz CT molecular complexity index is 843. The van der Waals surface area contributed by atoms with Crippen LogP contribution in [0, 0.1) is 11.3 Å². The molecule has 0 saturated heterocycles. The first kappa shape index (κ1) is 20.1. The van der Waals surface area contributed by atoms with Gasteiger partial charge in [-0.1, -0.05) is 32.9 Å². The molecule has 28 heavy (non-hydrogen) atoms. The number of rotatable bonds is 5. The van der Waals surface area contributed by atoms with Crippen molar-refractivity contribution < 1.29 is 4.79 Å². The van der Waals surface area contributed by atoms with Gasteiger partial charge in [0.1, 0.15) is 0 Å². The number of carbonyl (C=O) groups excluding carboxylic acids is 1. The summed E-state index contributed by atoms with van der Waals surface area (Å²) in [5.41, 5.74) is 7.60. The summed E-state index contributed by atoms with van der Waals surface area (Å²) in [4.78, 5) is 14.6. The first-order valence-electron chi connectivity index (χ1n) is 9.90. The number of anilines is 1. The van der Waals surface area contributed by atoms with Gasteiger partial charge in [0.25, 0.3) is 5.91 Å². The number of aromatic nitrogens is 2. The molecule has 1 aromatic heterocycles. The largest absolute Gasteiger partial charge is 0.378 e. The summed E-state index contributed by atoms with van der Waals surface area (Å²) in [6, 6.07) is 7.97. The second kappa shape index (κ2) is 8.17. The van der Waals surface area contributed by atoms with Gasteiger partial charge in [0.2, 0.25) is 0 Å². The monoisotopic (exact) mass is 381 g/mol. The molecule has 1 aliphatic rings. The quantitative estimate of drug-likeness (QED) is 0.611. The topological polar surface area (TPSA) is 73.4 Å². The van der Waals surface area contributed by atoms with E-state index >= 15 is 0 Å². The minimum absolute atomic E-state index is 0.255. The van der Waals surface area contributed by atoms with Crippen LogP contribution in [-0.4, -0.2) is 36.4 Å². The van der Waals surface area contributed by atoms with Gasteiger partial charge in [-0.25, -0.2) is 5.43 Å². The molecular formula is C22H31N5O. The average Bonchev–Trinajstić information content (AvgIpc) is 3.04. The maximum Gasteiger partial charge on any atom is 0.292 e. The number of benzene rings is 1. The minimum Gasteiger partial charge on any atom is -0.378 e. The lowest BCUT2D eigenvalue weighted by Crippen LogP contribution is -2.24. The molecule has 0 radical (unpaired) electrons. The van der Waals surface area contributed by atoms with E-state index in [1.807, 2.05) is 43.3 Å². The third-order valence-corrected chi connectivity index (χ3v) is 5.15. The van der Waals surface area contributed by atoms with Gasteiger partial charge >= 0.3 is 0 Å². The summed E-state index contributed by atoms with van der Waals surface area (Å²) in [5.74, 6) is 0.338. The number of hydrogen-bond donors (Lipinski definition) is 2. The number of nitrogens with one attached hydrogen (secondary N) is 2. The molecule has 1 amide bonds. The zero-order valence-electron chi connectivity index (χ0n) is 17.5. The van der Waals surface area contributed by atoms with E-state index in [0.29, 0.717) is 17.0 Å². The maximum absolute atomic E-state index is 12.6. The fourth-order valence-electron chi connectivity index (χ4n) is 3.87. The number of H-pyrrole nitrogens is 1. The zero-order valence-corrected chi connectivity index (χ0v) is 17.5. The van der Waals surface area contributed by atoms with E-state index in [2.05, 4.69) is 41.5 Å². The zero-order chi connectivity index (χ0) is 20.3. The van der Waals surface area contributed by atoms with Gasteiger partial charge in [0, 0.05) is 31.0 Å². The normalized spacial score (nSPS) is 16.8. The Labute approximate surface area is 167 Å². The smallest absolute Gasteiger partial charge is 0.292 e. The summed E-state index contributed by atoms with van der Waals surface area (Å²) >= 11 is 0. The molecule has 0 spiro atoms. The molecule has 0 aliphatic heterocycles. The summed E-state index contributed by atoms with van der Waals surface area (Å²) in [7, 11) is 4.00. The van der Waals surface area contributed by atoms with E-state index in [0.717, 1.165) is 48.2 Å². The number of nitrogens with zero attached hydrogens (tertiary/aromatic N) is 3. The van der Waals surface area contributed by atoms with Crippen molar-refractivity contribution in [1.29, 1.82) is 0 Å². The maximum atomic E-state index is 12.6. The molecule has 0 saturated carbocycles. The second-order valence-electron chi connectivity index (χ2n) is 9.09. The Kier molecular flexibility index (Phi) is 5.87. The number of hydrazone groups is 1. The molecule has 0 bridgehead atoms. The van der Waals surface area contributed by atoms with Crippen molar-refractivity contribution in [2.24, 2.45) is 16.4 Å². The molecule has 1 atom stereocenters. The number of carbonyl (C=O) groups is 1. The van der Waals surface area contributed by atoms with Crippen molar-refractivity contribution in [3.8, 4) is 0 Å². The number of amides is 1. The van der Waals surface area contributed by atoms with E-state index < -0.39 is 0 Å². The van der Waals surface area contributed by atoms with E-state index in [9.17, 15) is 4.79 Å². The highest BCUT2D eigenvalue weighted by molar-refractivity contribution is 5.94. The van der Waals surface area contributed by atoms with Gasteiger partial charge in [0.05, 0.1) is 6.21 Å². The first-order valence-corrected chi connectivity index (χ1v) is 9.90. The Morgan fingerprint density at radius 1 is 1.32 bits per heavy atom. The standard InChI is InChI=1S/C22H31N5O/c1-22(2,3)13-16-8-11-19-18(12-16)20(25-24-19)21(28)26-23-14-15-6-9-17(10-7-15)27(4)5/h6-7,9-10,14,16H,8,11-13H2,1-5H3,(H,24,25)(H,26,28)/b23-14-/t16-/m1/s1. The van der Waals surface area contributed by atoms with Gasteiger partial charge in [-0.15, -0.1) is 0 Å². The number of aromatic amines is 1. The molecule has 6 nitrogen and oxygen atoms in total. The highest BCUT2D eigenvalue weighted by Gasteiger charge is 2.28. The highest BCUT2D eigenvalue weighted by atomic mass is 16.2. The molecule has 2 N–H and O–H groups in total. The Morgan fingerprint density at radius 2 is 2.04 bits per heavy atom. The molecule has 3 rings (SSSR count). The third-order valence-electron chi connectivity index (χ3n) is 5.15. The van der Waals surface area contributed by atoms with Crippen LogP contribution in [0.4, 0.5) is 5.69 Å². The van der Waals surface area contributed by atoms with Crippen molar-refractivity contribution in [1.82, 2.24) is 15.6 Å². The molecule has 1 aromatic carbocycles. The van der Waals surface area contributed by atoms with Crippen LogP contribution < -0.4 is 10.3 Å². The van der Waals surface area contributed by atoms with E-state index in [1.165, 1.54) is 0 Å². The molecular weight excluding hydrogens is 350 g/mol. The summed E-state index contributed by atoms with van der Waals surface area (Å²) in [5, 5.41) is 11.4. The van der Waals surface area contributed by atoms with Crippen LogP contribution in [0.5, 0.6) is 0 Å². The predicted octanol–water partition coefficient (Wildman–Crippen LogP) is 3.78. The molecule has 1 heterocycles. The lowest BCUT2D eigenvalue weighted by atomic mass is 9.76.